The van der Waals surface area contributed by atoms with Crippen LogP contribution in [-0.4, -0.2) is 7.05 Å². The van der Waals surface area contributed by atoms with Crippen LogP contribution in [0.5, 0.6) is 0 Å². The average molecular weight is 288 g/mol. The second-order valence-corrected chi connectivity index (χ2v) is 5.24. The summed E-state index contributed by atoms with van der Waals surface area (Å²) in [5.74, 6) is -1.15. The lowest BCUT2D eigenvalue weighted by atomic mass is 10.0. The van der Waals surface area contributed by atoms with E-state index in [1.807, 2.05) is 12.3 Å². The van der Waals surface area contributed by atoms with E-state index in [0.29, 0.717) is 5.02 Å². The highest BCUT2D eigenvalue weighted by molar-refractivity contribution is 7.10. The standard InChI is InChI=1S/C13H12ClF2NS/c1-7-6-18-13(11(7)14)12(17-2)10-8(15)4-3-5-9(10)16/h3-6,12,17H,1-2H3. The molecule has 0 saturated carbocycles. The van der Waals surface area contributed by atoms with Gasteiger partial charge in [0.2, 0.25) is 0 Å². The highest BCUT2D eigenvalue weighted by atomic mass is 35.5. The Morgan fingerprint density at radius 3 is 2.33 bits per heavy atom. The van der Waals surface area contributed by atoms with Crippen molar-refractivity contribution in [3.8, 4) is 0 Å². The second kappa shape index (κ2) is 5.34. The molecular weight excluding hydrogens is 276 g/mol. The third-order valence-electron chi connectivity index (χ3n) is 2.76. The van der Waals surface area contributed by atoms with Crippen molar-refractivity contribution in [1.29, 1.82) is 0 Å². The van der Waals surface area contributed by atoms with Crippen LogP contribution in [-0.2, 0) is 0 Å². The molecule has 0 radical (unpaired) electrons. The van der Waals surface area contributed by atoms with E-state index in [1.54, 1.807) is 7.05 Å². The number of hydrogen-bond acceptors (Lipinski definition) is 2. The van der Waals surface area contributed by atoms with E-state index in [-0.39, 0.29) is 5.56 Å². The molecule has 0 aliphatic rings. The minimum Gasteiger partial charge on any atom is -0.308 e. The Bertz CT molecular complexity index is 548. The van der Waals surface area contributed by atoms with Gasteiger partial charge in [0.1, 0.15) is 11.6 Å². The van der Waals surface area contributed by atoms with Gasteiger partial charge in [-0.1, -0.05) is 17.7 Å². The van der Waals surface area contributed by atoms with Gasteiger partial charge in [-0.25, -0.2) is 8.78 Å². The molecule has 1 N–H and O–H groups in total. The summed E-state index contributed by atoms with van der Waals surface area (Å²) >= 11 is 7.56. The normalized spacial score (nSPS) is 12.7. The predicted molar refractivity (Wildman–Crippen MR) is 71.3 cm³/mol. The molecule has 1 aromatic heterocycles. The van der Waals surface area contributed by atoms with Gasteiger partial charge in [0, 0.05) is 10.4 Å². The Morgan fingerprint density at radius 1 is 1.28 bits per heavy atom. The molecule has 18 heavy (non-hydrogen) atoms. The van der Waals surface area contributed by atoms with Gasteiger partial charge < -0.3 is 5.32 Å². The summed E-state index contributed by atoms with van der Waals surface area (Å²) < 4.78 is 27.6. The quantitative estimate of drug-likeness (QED) is 0.888. The van der Waals surface area contributed by atoms with Gasteiger partial charge >= 0.3 is 0 Å². The number of halogens is 3. The van der Waals surface area contributed by atoms with Crippen molar-refractivity contribution >= 4 is 22.9 Å². The van der Waals surface area contributed by atoms with Gasteiger partial charge in [-0.3, -0.25) is 0 Å². The van der Waals surface area contributed by atoms with E-state index in [1.165, 1.54) is 29.5 Å². The van der Waals surface area contributed by atoms with Crippen molar-refractivity contribution in [1.82, 2.24) is 5.32 Å². The summed E-state index contributed by atoms with van der Waals surface area (Å²) in [4.78, 5) is 0.723. The lowest BCUT2D eigenvalue weighted by molar-refractivity contribution is 0.524. The van der Waals surface area contributed by atoms with Crippen LogP contribution in [0.2, 0.25) is 5.02 Å². The fourth-order valence-corrected chi connectivity index (χ4v) is 3.26. The summed E-state index contributed by atoms with van der Waals surface area (Å²) in [5.41, 5.74) is 0.914. The summed E-state index contributed by atoms with van der Waals surface area (Å²) in [5, 5.41) is 5.35. The molecule has 1 atom stereocenters. The summed E-state index contributed by atoms with van der Waals surface area (Å²) in [6.07, 6.45) is 0. The van der Waals surface area contributed by atoms with E-state index in [2.05, 4.69) is 5.32 Å². The van der Waals surface area contributed by atoms with Crippen molar-refractivity contribution < 1.29 is 8.78 Å². The van der Waals surface area contributed by atoms with Crippen molar-refractivity contribution in [3.05, 3.63) is 56.2 Å². The summed E-state index contributed by atoms with van der Waals surface area (Å²) in [7, 11) is 1.65. The van der Waals surface area contributed by atoms with Gasteiger partial charge in [0.15, 0.2) is 0 Å². The lowest BCUT2D eigenvalue weighted by Crippen LogP contribution is -2.19. The van der Waals surface area contributed by atoms with Crippen LogP contribution >= 0.6 is 22.9 Å². The predicted octanol–water partition coefficient (Wildman–Crippen LogP) is 4.30. The average Bonchev–Trinajstić information content (AvgIpc) is 2.66. The molecule has 0 amide bonds. The summed E-state index contributed by atoms with van der Waals surface area (Å²) in [6.45, 7) is 1.87. The zero-order valence-corrected chi connectivity index (χ0v) is 11.5. The molecule has 96 valence electrons. The maximum Gasteiger partial charge on any atom is 0.131 e. The number of nitrogens with one attached hydrogen (secondary N) is 1. The van der Waals surface area contributed by atoms with Crippen LogP contribution in [0.1, 0.15) is 22.0 Å². The molecule has 2 aromatic rings. The summed E-state index contributed by atoms with van der Waals surface area (Å²) in [6, 6.07) is 3.27. The fraction of sp³-hybridized carbons (Fsp3) is 0.231. The van der Waals surface area contributed by atoms with E-state index in [0.717, 1.165) is 10.4 Å². The minimum absolute atomic E-state index is 0.00347. The highest BCUT2D eigenvalue weighted by Crippen LogP contribution is 2.37. The molecule has 0 fully saturated rings. The number of benzene rings is 1. The zero-order chi connectivity index (χ0) is 13.3. The molecule has 1 aromatic carbocycles. The number of thiophene rings is 1. The van der Waals surface area contributed by atoms with Crippen LogP contribution in [0, 0.1) is 18.6 Å². The SMILES string of the molecule is CNC(c1scc(C)c1Cl)c1c(F)cccc1F. The molecule has 0 saturated heterocycles. The van der Waals surface area contributed by atoms with Crippen LogP contribution in [0.25, 0.3) is 0 Å². The van der Waals surface area contributed by atoms with E-state index >= 15 is 0 Å². The Labute approximate surface area is 113 Å². The Morgan fingerprint density at radius 2 is 1.89 bits per heavy atom. The molecule has 2 rings (SSSR count). The number of aryl methyl sites for hydroxylation is 1. The van der Waals surface area contributed by atoms with Crippen LogP contribution in [0.4, 0.5) is 8.78 Å². The Kier molecular flexibility index (Phi) is 4.00. The molecule has 0 bridgehead atoms. The van der Waals surface area contributed by atoms with Crippen molar-refractivity contribution in [2.75, 3.05) is 7.05 Å². The number of hydrogen-bond donors (Lipinski definition) is 1. The van der Waals surface area contributed by atoms with Gasteiger partial charge in [-0.05, 0) is 37.0 Å². The first kappa shape index (κ1) is 13.5. The van der Waals surface area contributed by atoms with Crippen molar-refractivity contribution in [2.24, 2.45) is 0 Å². The third-order valence-corrected chi connectivity index (χ3v) is 4.54. The molecule has 0 spiro atoms. The first-order valence-electron chi connectivity index (χ1n) is 5.41. The molecule has 1 nitrogen and oxygen atoms in total. The van der Waals surface area contributed by atoms with Gasteiger partial charge in [0.25, 0.3) is 0 Å². The second-order valence-electron chi connectivity index (χ2n) is 3.95. The number of rotatable bonds is 3. The highest BCUT2D eigenvalue weighted by Gasteiger charge is 2.24. The van der Waals surface area contributed by atoms with Crippen LogP contribution < -0.4 is 5.32 Å². The van der Waals surface area contributed by atoms with E-state index in [9.17, 15) is 8.78 Å². The molecule has 1 heterocycles. The Balaban J connectivity index is 2.56. The van der Waals surface area contributed by atoms with E-state index < -0.39 is 17.7 Å². The minimum atomic E-state index is -0.573. The van der Waals surface area contributed by atoms with Gasteiger partial charge in [-0.15, -0.1) is 11.3 Å². The molecule has 5 heteroatoms. The fourth-order valence-electron chi connectivity index (χ4n) is 1.84. The van der Waals surface area contributed by atoms with Gasteiger partial charge in [-0.2, -0.15) is 0 Å². The van der Waals surface area contributed by atoms with Crippen molar-refractivity contribution in [3.63, 3.8) is 0 Å². The van der Waals surface area contributed by atoms with Gasteiger partial charge in [0.05, 0.1) is 11.1 Å². The largest absolute Gasteiger partial charge is 0.308 e. The first-order valence-corrected chi connectivity index (χ1v) is 6.66. The maximum absolute atomic E-state index is 13.8. The smallest absolute Gasteiger partial charge is 0.131 e. The lowest BCUT2D eigenvalue weighted by Gasteiger charge is -2.17. The van der Waals surface area contributed by atoms with Crippen LogP contribution in [0.3, 0.4) is 0 Å². The zero-order valence-electron chi connectivity index (χ0n) is 9.93. The molecular formula is C13H12ClF2NS. The monoisotopic (exact) mass is 287 g/mol. The molecule has 1 unspecified atom stereocenters. The molecule has 0 aliphatic heterocycles. The molecule has 0 aliphatic carbocycles. The first-order chi connectivity index (χ1) is 8.56. The van der Waals surface area contributed by atoms with E-state index in [4.69, 9.17) is 11.6 Å². The topological polar surface area (TPSA) is 12.0 Å². The maximum atomic E-state index is 13.8. The Hall–Kier alpha value is -0.970. The third kappa shape index (κ3) is 2.28. The van der Waals surface area contributed by atoms with Crippen LogP contribution in [0.15, 0.2) is 23.6 Å². The van der Waals surface area contributed by atoms with Crippen molar-refractivity contribution in [2.45, 2.75) is 13.0 Å².